The minimum Gasteiger partial charge on any atom is -0.481 e. The summed E-state index contributed by atoms with van der Waals surface area (Å²) in [5.41, 5.74) is 0. The molecular weight excluding hydrogens is 182 g/mol. The van der Waals surface area contributed by atoms with Crippen molar-refractivity contribution < 1.29 is 14.3 Å². The first-order valence-electron chi connectivity index (χ1n) is 4.68. The third kappa shape index (κ3) is 1.53. The van der Waals surface area contributed by atoms with E-state index in [1.165, 1.54) is 0 Å². The van der Waals surface area contributed by atoms with Crippen molar-refractivity contribution in [2.75, 3.05) is 13.1 Å². The largest absolute Gasteiger partial charge is 0.481 e. The second kappa shape index (κ2) is 3.46. The van der Waals surface area contributed by atoms with Crippen molar-refractivity contribution in [2.24, 2.45) is 5.92 Å². The van der Waals surface area contributed by atoms with Crippen molar-refractivity contribution in [1.82, 2.24) is 5.32 Å². The summed E-state index contributed by atoms with van der Waals surface area (Å²) in [5, 5.41) is 12.0. The molecule has 2 N–H and O–H groups in total. The average Bonchev–Trinajstić information content (AvgIpc) is 2.70. The summed E-state index contributed by atoms with van der Waals surface area (Å²) >= 11 is 0. The molecule has 1 aromatic heterocycles. The van der Waals surface area contributed by atoms with Gasteiger partial charge < -0.3 is 14.8 Å². The van der Waals surface area contributed by atoms with E-state index in [4.69, 9.17) is 9.52 Å². The molecule has 0 radical (unpaired) electrons. The zero-order chi connectivity index (χ0) is 10.1. The molecule has 1 fully saturated rings. The highest BCUT2D eigenvalue weighted by Gasteiger charge is 2.35. The average molecular weight is 195 g/mol. The van der Waals surface area contributed by atoms with Crippen LogP contribution in [0.4, 0.5) is 0 Å². The van der Waals surface area contributed by atoms with Crippen molar-refractivity contribution >= 4 is 5.97 Å². The van der Waals surface area contributed by atoms with E-state index in [0.717, 1.165) is 11.5 Å². The molecule has 2 atom stereocenters. The Bertz CT molecular complexity index is 345. The van der Waals surface area contributed by atoms with E-state index >= 15 is 0 Å². The second-order valence-corrected chi connectivity index (χ2v) is 3.66. The van der Waals surface area contributed by atoms with Gasteiger partial charge in [-0.1, -0.05) is 0 Å². The molecule has 0 amide bonds. The third-order valence-corrected chi connectivity index (χ3v) is 2.66. The Hall–Kier alpha value is -1.29. The van der Waals surface area contributed by atoms with Crippen molar-refractivity contribution in [2.45, 2.75) is 12.8 Å². The lowest BCUT2D eigenvalue weighted by Crippen LogP contribution is -2.20. The summed E-state index contributed by atoms with van der Waals surface area (Å²) in [4.78, 5) is 10.9. The molecule has 0 spiro atoms. The minimum absolute atomic E-state index is 0.0267. The Labute approximate surface area is 81.9 Å². The van der Waals surface area contributed by atoms with Gasteiger partial charge in [0, 0.05) is 19.0 Å². The van der Waals surface area contributed by atoms with Crippen LogP contribution in [0.5, 0.6) is 0 Å². The number of rotatable bonds is 2. The zero-order valence-electron chi connectivity index (χ0n) is 7.99. The summed E-state index contributed by atoms with van der Waals surface area (Å²) in [6.45, 7) is 3.07. The van der Waals surface area contributed by atoms with Gasteiger partial charge in [-0.2, -0.15) is 0 Å². The van der Waals surface area contributed by atoms with Gasteiger partial charge in [-0.05, 0) is 19.1 Å². The monoisotopic (exact) mass is 195 g/mol. The first-order valence-corrected chi connectivity index (χ1v) is 4.68. The van der Waals surface area contributed by atoms with E-state index in [1.54, 1.807) is 0 Å². The Morgan fingerprint density at radius 2 is 2.36 bits per heavy atom. The van der Waals surface area contributed by atoms with Gasteiger partial charge in [0.25, 0.3) is 0 Å². The topological polar surface area (TPSA) is 62.5 Å². The number of carboxylic acids is 1. The number of furan rings is 1. The lowest BCUT2D eigenvalue weighted by Gasteiger charge is -2.11. The van der Waals surface area contributed by atoms with Gasteiger partial charge in [-0.25, -0.2) is 0 Å². The van der Waals surface area contributed by atoms with E-state index in [2.05, 4.69) is 5.32 Å². The van der Waals surface area contributed by atoms with Gasteiger partial charge in [0.15, 0.2) is 0 Å². The van der Waals surface area contributed by atoms with Crippen LogP contribution in [0.15, 0.2) is 16.5 Å². The summed E-state index contributed by atoms with van der Waals surface area (Å²) in [6.07, 6.45) is 0. The Morgan fingerprint density at radius 1 is 1.57 bits per heavy atom. The number of aryl methyl sites for hydroxylation is 1. The lowest BCUT2D eigenvalue weighted by molar-refractivity contribution is -0.141. The molecule has 2 heterocycles. The third-order valence-electron chi connectivity index (χ3n) is 2.66. The standard InChI is InChI=1S/C10H13NO3/c1-6-2-3-9(14-6)7-4-11-5-8(7)10(12)13/h2-3,7-8,11H,4-5H2,1H3,(H,12,13)/t7-,8+/m1/s1. The van der Waals surface area contributed by atoms with Crippen molar-refractivity contribution in [3.8, 4) is 0 Å². The highest BCUT2D eigenvalue weighted by atomic mass is 16.4. The van der Waals surface area contributed by atoms with Crippen molar-refractivity contribution in [3.05, 3.63) is 23.7 Å². The molecule has 4 nitrogen and oxygen atoms in total. The maximum Gasteiger partial charge on any atom is 0.308 e. The molecule has 2 rings (SSSR count). The summed E-state index contributed by atoms with van der Waals surface area (Å²) in [5.74, 6) is 0.465. The molecule has 1 aliphatic rings. The van der Waals surface area contributed by atoms with Crippen LogP contribution in [0.3, 0.4) is 0 Å². The number of carbonyl (C=O) groups is 1. The molecule has 1 saturated heterocycles. The highest BCUT2D eigenvalue weighted by Crippen LogP contribution is 2.29. The quantitative estimate of drug-likeness (QED) is 0.738. The van der Waals surface area contributed by atoms with Crippen LogP contribution in [0, 0.1) is 12.8 Å². The SMILES string of the molecule is Cc1ccc([C@@H]2CNC[C@@H]2C(=O)O)o1. The summed E-state index contributed by atoms with van der Waals surface area (Å²) < 4.78 is 5.44. The predicted molar refractivity (Wildman–Crippen MR) is 50.2 cm³/mol. The van der Waals surface area contributed by atoms with E-state index < -0.39 is 5.97 Å². The maximum absolute atomic E-state index is 10.9. The molecule has 0 aliphatic carbocycles. The molecule has 1 aliphatic heterocycles. The first-order chi connectivity index (χ1) is 6.68. The summed E-state index contributed by atoms with van der Waals surface area (Å²) in [6, 6.07) is 3.73. The van der Waals surface area contributed by atoms with Crippen molar-refractivity contribution in [3.63, 3.8) is 0 Å². The van der Waals surface area contributed by atoms with Crippen LogP contribution < -0.4 is 5.32 Å². The second-order valence-electron chi connectivity index (χ2n) is 3.66. The van der Waals surface area contributed by atoms with E-state index in [9.17, 15) is 4.79 Å². The fraction of sp³-hybridized carbons (Fsp3) is 0.500. The Morgan fingerprint density at radius 3 is 2.93 bits per heavy atom. The van der Waals surface area contributed by atoms with Gasteiger partial charge in [0.2, 0.25) is 0 Å². The molecule has 0 aromatic carbocycles. The fourth-order valence-corrected chi connectivity index (χ4v) is 1.89. The Balaban J connectivity index is 2.21. The lowest BCUT2D eigenvalue weighted by atomic mass is 9.94. The number of aliphatic carboxylic acids is 1. The fourth-order valence-electron chi connectivity index (χ4n) is 1.89. The van der Waals surface area contributed by atoms with Crippen LogP contribution >= 0.6 is 0 Å². The van der Waals surface area contributed by atoms with E-state index in [0.29, 0.717) is 13.1 Å². The van der Waals surface area contributed by atoms with Crippen LogP contribution in [0.2, 0.25) is 0 Å². The molecule has 1 aromatic rings. The zero-order valence-corrected chi connectivity index (χ0v) is 7.99. The minimum atomic E-state index is -0.756. The predicted octanol–water partition coefficient (Wildman–Crippen LogP) is 0.976. The maximum atomic E-state index is 10.9. The number of carboxylic acid groups (broad SMARTS) is 1. The van der Waals surface area contributed by atoms with E-state index in [1.807, 2.05) is 19.1 Å². The number of nitrogens with one attached hydrogen (secondary N) is 1. The molecule has 0 saturated carbocycles. The van der Waals surface area contributed by atoms with Crippen molar-refractivity contribution in [1.29, 1.82) is 0 Å². The van der Waals surface area contributed by atoms with Gasteiger partial charge in [-0.15, -0.1) is 0 Å². The molecular formula is C10H13NO3. The smallest absolute Gasteiger partial charge is 0.308 e. The number of hydrogen-bond donors (Lipinski definition) is 2. The van der Waals surface area contributed by atoms with Gasteiger partial charge in [0.05, 0.1) is 5.92 Å². The molecule has 76 valence electrons. The van der Waals surface area contributed by atoms with Crippen LogP contribution in [0.25, 0.3) is 0 Å². The molecule has 14 heavy (non-hydrogen) atoms. The van der Waals surface area contributed by atoms with Crippen LogP contribution in [-0.4, -0.2) is 24.2 Å². The van der Waals surface area contributed by atoms with E-state index in [-0.39, 0.29) is 11.8 Å². The van der Waals surface area contributed by atoms with Gasteiger partial charge in [0.1, 0.15) is 11.5 Å². The number of hydrogen-bond acceptors (Lipinski definition) is 3. The highest BCUT2D eigenvalue weighted by molar-refractivity contribution is 5.72. The van der Waals surface area contributed by atoms with Gasteiger partial charge in [-0.3, -0.25) is 4.79 Å². The molecule has 0 unspecified atom stereocenters. The normalized spacial score (nSPS) is 26.6. The first kappa shape index (κ1) is 9.27. The van der Waals surface area contributed by atoms with Crippen LogP contribution in [-0.2, 0) is 4.79 Å². The summed E-state index contributed by atoms with van der Waals surface area (Å²) in [7, 11) is 0. The molecule has 0 bridgehead atoms. The Kier molecular flexibility index (Phi) is 2.29. The van der Waals surface area contributed by atoms with Gasteiger partial charge >= 0.3 is 5.97 Å². The molecule has 4 heteroatoms. The van der Waals surface area contributed by atoms with Crippen LogP contribution in [0.1, 0.15) is 17.4 Å².